The number of rotatable bonds is 9. The Bertz CT molecular complexity index is 995. The summed E-state index contributed by atoms with van der Waals surface area (Å²) in [6.07, 6.45) is 2.36. The highest BCUT2D eigenvalue weighted by atomic mass is 16.5. The molecule has 0 aliphatic carbocycles. The Labute approximate surface area is 175 Å². The van der Waals surface area contributed by atoms with Crippen molar-refractivity contribution >= 4 is 17.9 Å². The average molecular weight is 407 g/mol. The Morgan fingerprint density at radius 3 is 2.33 bits per heavy atom. The lowest BCUT2D eigenvalue weighted by Gasteiger charge is -2.07. The molecule has 0 radical (unpaired) electrons. The predicted molar refractivity (Wildman–Crippen MR) is 117 cm³/mol. The van der Waals surface area contributed by atoms with Crippen LogP contribution in [0.5, 0.6) is 11.5 Å². The topological polar surface area (TPSA) is 101 Å². The van der Waals surface area contributed by atoms with E-state index >= 15 is 0 Å². The number of aryl methyl sites for hydroxylation is 1. The number of benzene rings is 2. The van der Waals surface area contributed by atoms with Gasteiger partial charge >= 0.3 is 0 Å². The van der Waals surface area contributed by atoms with E-state index in [1.54, 1.807) is 27.4 Å². The number of nitrogens with zero attached hydrogens (tertiary/aromatic N) is 2. The summed E-state index contributed by atoms with van der Waals surface area (Å²) in [4.78, 5) is 12.6. The van der Waals surface area contributed by atoms with Gasteiger partial charge < -0.3 is 14.8 Å². The molecule has 1 amide bonds. The summed E-state index contributed by atoms with van der Waals surface area (Å²) in [5.41, 5.74) is 5.94. The summed E-state index contributed by atoms with van der Waals surface area (Å²) >= 11 is 0. The molecule has 8 nitrogen and oxygen atoms in total. The smallest absolute Gasteiger partial charge is 0.257 e. The van der Waals surface area contributed by atoms with Gasteiger partial charge in [0, 0.05) is 12.2 Å². The second-order valence-electron chi connectivity index (χ2n) is 6.57. The summed E-state index contributed by atoms with van der Waals surface area (Å²) in [5, 5.41) is 14.1. The monoisotopic (exact) mass is 407 g/mol. The van der Waals surface area contributed by atoms with E-state index in [1.165, 1.54) is 0 Å². The van der Waals surface area contributed by atoms with Crippen LogP contribution in [0.3, 0.4) is 0 Å². The van der Waals surface area contributed by atoms with Crippen LogP contribution in [0.15, 0.2) is 53.6 Å². The molecule has 0 fully saturated rings. The molecule has 30 heavy (non-hydrogen) atoms. The molecule has 0 saturated heterocycles. The summed E-state index contributed by atoms with van der Waals surface area (Å²) < 4.78 is 10.3. The average Bonchev–Trinajstić information content (AvgIpc) is 3.15. The van der Waals surface area contributed by atoms with Crippen LogP contribution in [0, 0.1) is 6.92 Å². The van der Waals surface area contributed by atoms with Gasteiger partial charge in [-0.15, -0.1) is 0 Å². The summed E-state index contributed by atoms with van der Waals surface area (Å²) in [7, 11) is 3.25. The third-order valence-electron chi connectivity index (χ3n) is 4.53. The van der Waals surface area contributed by atoms with Gasteiger partial charge in [-0.2, -0.15) is 10.2 Å². The molecule has 3 rings (SSSR count). The molecule has 1 heterocycles. The number of amides is 1. The van der Waals surface area contributed by atoms with Gasteiger partial charge in [-0.1, -0.05) is 12.1 Å². The zero-order valence-electron chi connectivity index (χ0n) is 17.2. The molecule has 0 spiro atoms. The molecule has 2 aromatic carbocycles. The standard InChI is InChI=1S/C22H25N5O3/c1-15-20(22(28)23-13-12-16-4-8-18(29-2)9-5-16)21(27-25-15)26-24-14-17-6-10-19(30-3)11-7-17/h4-11,14H,12-13H2,1-3H3,(H,23,28)(H2,25,26,27)/b24-14+. The van der Waals surface area contributed by atoms with E-state index in [0.29, 0.717) is 30.0 Å². The number of H-pyrrole nitrogens is 1. The zero-order chi connectivity index (χ0) is 21.3. The van der Waals surface area contributed by atoms with Gasteiger partial charge in [0.15, 0.2) is 5.82 Å². The van der Waals surface area contributed by atoms with E-state index in [-0.39, 0.29) is 5.91 Å². The molecule has 1 aromatic heterocycles. The molecule has 0 unspecified atom stereocenters. The number of anilines is 1. The van der Waals surface area contributed by atoms with Crippen molar-refractivity contribution < 1.29 is 14.3 Å². The molecule has 156 valence electrons. The summed E-state index contributed by atoms with van der Waals surface area (Å²) in [6, 6.07) is 15.2. The number of methoxy groups -OCH3 is 2. The largest absolute Gasteiger partial charge is 0.497 e. The normalized spacial score (nSPS) is 10.8. The first-order valence-corrected chi connectivity index (χ1v) is 9.50. The van der Waals surface area contributed by atoms with Crippen molar-refractivity contribution in [1.82, 2.24) is 15.5 Å². The lowest BCUT2D eigenvalue weighted by atomic mass is 10.1. The number of hydrogen-bond acceptors (Lipinski definition) is 6. The van der Waals surface area contributed by atoms with Crippen LogP contribution in [0.25, 0.3) is 0 Å². The number of aromatic amines is 1. The van der Waals surface area contributed by atoms with Crippen LogP contribution in [-0.2, 0) is 6.42 Å². The first-order valence-electron chi connectivity index (χ1n) is 9.50. The Hall–Kier alpha value is -3.81. The molecule has 8 heteroatoms. The van der Waals surface area contributed by atoms with Gasteiger partial charge in [-0.25, -0.2) is 0 Å². The third-order valence-corrected chi connectivity index (χ3v) is 4.53. The van der Waals surface area contributed by atoms with E-state index < -0.39 is 0 Å². The molecule has 0 atom stereocenters. The lowest BCUT2D eigenvalue weighted by Crippen LogP contribution is -2.26. The quantitative estimate of drug-likeness (QED) is 0.374. The molecule has 3 aromatic rings. The van der Waals surface area contributed by atoms with Gasteiger partial charge in [0.1, 0.15) is 17.1 Å². The van der Waals surface area contributed by atoms with E-state index in [0.717, 1.165) is 22.6 Å². The fraction of sp³-hybridized carbons (Fsp3) is 0.227. The maximum absolute atomic E-state index is 12.6. The van der Waals surface area contributed by atoms with Crippen molar-refractivity contribution in [1.29, 1.82) is 0 Å². The van der Waals surface area contributed by atoms with E-state index in [9.17, 15) is 4.79 Å². The second kappa shape index (κ2) is 10.1. The highest BCUT2D eigenvalue weighted by Gasteiger charge is 2.17. The first-order chi connectivity index (χ1) is 14.6. The number of aromatic nitrogens is 2. The molecular formula is C22H25N5O3. The van der Waals surface area contributed by atoms with Crippen LogP contribution in [0.2, 0.25) is 0 Å². The van der Waals surface area contributed by atoms with Gasteiger partial charge in [0.2, 0.25) is 0 Å². The van der Waals surface area contributed by atoms with Crippen LogP contribution >= 0.6 is 0 Å². The predicted octanol–water partition coefficient (Wildman–Crippen LogP) is 3.15. The van der Waals surface area contributed by atoms with Crippen LogP contribution in [0.4, 0.5) is 5.82 Å². The number of hydrazone groups is 1. The number of nitrogens with one attached hydrogen (secondary N) is 3. The van der Waals surface area contributed by atoms with Gasteiger partial charge in [0.25, 0.3) is 5.91 Å². The molecule has 3 N–H and O–H groups in total. The van der Waals surface area contributed by atoms with Crippen molar-refractivity contribution in [2.24, 2.45) is 5.10 Å². The molecular weight excluding hydrogens is 382 g/mol. The summed E-state index contributed by atoms with van der Waals surface area (Å²) in [6.45, 7) is 2.30. The van der Waals surface area contributed by atoms with E-state index in [2.05, 4.69) is 26.0 Å². The molecule has 0 aliphatic rings. The van der Waals surface area contributed by atoms with Crippen molar-refractivity contribution in [3.63, 3.8) is 0 Å². The molecule has 0 saturated carbocycles. The first kappa shape index (κ1) is 20.9. The van der Waals surface area contributed by atoms with E-state index in [4.69, 9.17) is 9.47 Å². The highest BCUT2D eigenvalue weighted by molar-refractivity contribution is 6.00. The number of carbonyl (C=O) groups is 1. The van der Waals surface area contributed by atoms with Crippen LogP contribution in [-0.4, -0.2) is 43.1 Å². The third kappa shape index (κ3) is 5.38. The van der Waals surface area contributed by atoms with Crippen LogP contribution < -0.4 is 20.2 Å². The number of ether oxygens (including phenoxy) is 2. The zero-order valence-corrected chi connectivity index (χ0v) is 17.2. The Balaban J connectivity index is 1.56. The van der Waals surface area contributed by atoms with Crippen molar-refractivity contribution in [3.8, 4) is 11.5 Å². The fourth-order valence-electron chi connectivity index (χ4n) is 2.85. The van der Waals surface area contributed by atoms with Gasteiger partial charge in [0.05, 0.1) is 20.4 Å². The minimum absolute atomic E-state index is 0.211. The van der Waals surface area contributed by atoms with Crippen molar-refractivity contribution in [2.75, 3.05) is 26.2 Å². The molecule has 0 aliphatic heterocycles. The Morgan fingerprint density at radius 1 is 1.07 bits per heavy atom. The summed E-state index contributed by atoms with van der Waals surface area (Å²) in [5.74, 6) is 1.75. The fourth-order valence-corrected chi connectivity index (χ4v) is 2.85. The SMILES string of the molecule is COc1ccc(/C=N/Nc2n[nH]c(C)c2C(=O)NCCc2ccc(OC)cc2)cc1. The van der Waals surface area contributed by atoms with Crippen molar-refractivity contribution in [2.45, 2.75) is 13.3 Å². The Morgan fingerprint density at radius 2 is 1.70 bits per heavy atom. The minimum atomic E-state index is -0.211. The maximum Gasteiger partial charge on any atom is 0.257 e. The van der Waals surface area contributed by atoms with Crippen LogP contribution in [0.1, 0.15) is 27.2 Å². The lowest BCUT2D eigenvalue weighted by molar-refractivity contribution is 0.0954. The van der Waals surface area contributed by atoms with Crippen molar-refractivity contribution in [3.05, 3.63) is 70.9 Å². The Kier molecular flexibility index (Phi) is 7.05. The number of carbonyl (C=O) groups excluding carboxylic acids is 1. The maximum atomic E-state index is 12.6. The number of hydrogen-bond donors (Lipinski definition) is 3. The van der Waals surface area contributed by atoms with Gasteiger partial charge in [-0.3, -0.25) is 15.3 Å². The minimum Gasteiger partial charge on any atom is -0.497 e. The molecule has 0 bridgehead atoms. The highest BCUT2D eigenvalue weighted by Crippen LogP contribution is 2.16. The second-order valence-corrected chi connectivity index (χ2v) is 6.57. The van der Waals surface area contributed by atoms with E-state index in [1.807, 2.05) is 48.5 Å². The van der Waals surface area contributed by atoms with Gasteiger partial charge in [-0.05, 0) is 60.9 Å².